The summed E-state index contributed by atoms with van der Waals surface area (Å²) in [5, 5.41) is 1.37. The van der Waals surface area contributed by atoms with Crippen molar-refractivity contribution in [3.8, 4) is 5.75 Å². The number of ether oxygens (including phenoxy) is 1. The average Bonchev–Trinajstić information content (AvgIpc) is 2.16. The van der Waals surface area contributed by atoms with Crippen LogP contribution < -0.4 is 4.74 Å². The van der Waals surface area contributed by atoms with Crippen molar-refractivity contribution in [3.05, 3.63) is 35.5 Å². The minimum Gasteiger partial charge on any atom is -0.427 e. The van der Waals surface area contributed by atoms with E-state index in [-0.39, 0.29) is 5.97 Å². The molecule has 0 fully saturated rings. The van der Waals surface area contributed by atoms with Gasteiger partial charge in [-0.15, -0.1) is 0 Å². The molecule has 1 aromatic heterocycles. The van der Waals surface area contributed by atoms with Crippen molar-refractivity contribution in [3.63, 3.8) is 0 Å². The molecule has 0 saturated carbocycles. The van der Waals surface area contributed by atoms with Gasteiger partial charge in [-0.3, -0.25) is 4.79 Å². The molecule has 15 heavy (non-hydrogen) atoms. The number of benzene rings is 1. The number of halogens is 1. The quantitative estimate of drug-likeness (QED) is 0.422. The number of hydrogen-bond donors (Lipinski definition) is 0. The van der Waals surface area contributed by atoms with Crippen LogP contribution in [0.1, 0.15) is 6.92 Å². The highest BCUT2D eigenvalue weighted by Gasteiger charge is 2.01. The van der Waals surface area contributed by atoms with Crippen LogP contribution in [0.25, 0.3) is 10.9 Å². The van der Waals surface area contributed by atoms with Crippen LogP contribution in [0.3, 0.4) is 0 Å². The number of fused-ring (bicyclic) bond motifs is 1. The molecule has 1 heterocycles. The molecule has 0 saturated heterocycles. The Hall–Kier alpha value is -1.61. The Morgan fingerprint density at radius 3 is 2.80 bits per heavy atom. The summed E-state index contributed by atoms with van der Waals surface area (Å²) in [6.07, 6.45) is 0. The van der Waals surface area contributed by atoms with Crippen LogP contribution in [0, 0.1) is 0 Å². The fourth-order valence-corrected chi connectivity index (χ4v) is 1.46. The van der Waals surface area contributed by atoms with E-state index in [9.17, 15) is 4.79 Å². The second kappa shape index (κ2) is 3.87. The van der Waals surface area contributed by atoms with E-state index in [0.717, 1.165) is 5.39 Å². The van der Waals surface area contributed by atoms with Gasteiger partial charge >= 0.3 is 5.97 Å². The molecular weight excluding hydrogens is 214 g/mol. The second-order valence-electron chi connectivity index (χ2n) is 3.08. The predicted octanol–water partition coefficient (Wildman–Crippen LogP) is 2.81. The lowest BCUT2D eigenvalue weighted by atomic mass is 10.2. The first-order valence-corrected chi connectivity index (χ1v) is 4.78. The van der Waals surface area contributed by atoms with Crippen molar-refractivity contribution in [1.82, 2.24) is 4.98 Å². The number of hydrogen-bond acceptors (Lipinski definition) is 3. The van der Waals surface area contributed by atoms with Gasteiger partial charge in [-0.25, -0.2) is 4.98 Å². The minimum atomic E-state index is -0.351. The van der Waals surface area contributed by atoms with Crippen LogP contribution in [-0.2, 0) is 4.79 Å². The van der Waals surface area contributed by atoms with E-state index in [4.69, 9.17) is 16.3 Å². The predicted molar refractivity (Wildman–Crippen MR) is 58.1 cm³/mol. The van der Waals surface area contributed by atoms with Gasteiger partial charge in [-0.05, 0) is 24.3 Å². The first kappa shape index (κ1) is 9.93. The summed E-state index contributed by atoms with van der Waals surface area (Å²) >= 11 is 5.76. The molecule has 3 nitrogen and oxygen atoms in total. The molecule has 2 rings (SSSR count). The number of esters is 1. The van der Waals surface area contributed by atoms with Crippen LogP contribution >= 0.6 is 11.6 Å². The normalized spacial score (nSPS) is 10.3. The summed E-state index contributed by atoms with van der Waals surface area (Å²) in [7, 11) is 0. The van der Waals surface area contributed by atoms with Crippen LogP contribution in [0.15, 0.2) is 30.3 Å². The van der Waals surface area contributed by atoms with E-state index < -0.39 is 0 Å². The molecule has 1 aromatic carbocycles. The summed E-state index contributed by atoms with van der Waals surface area (Å²) in [5.41, 5.74) is 0.709. The van der Waals surface area contributed by atoms with Crippen LogP contribution in [0.5, 0.6) is 5.75 Å². The molecule has 0 aliphatic heterocycles. The van der Waals surface area contributed by atoms with E-state index in [0.29, 0.717) is 16.4 Å². The molecule has 2 aromatic rings. The fraction of sp³-hybridized carbons (Fsp3) is 0.0909. The minimum absolute atomic E-state index is 0.351. The third-order valence-corrected chi connectivity index (χ3v) is 2.10. The van der Waals surface area contributed by atoms with E-state index in [1.807, 2.05) is 12.1 Å². The standard InChI is InChI=1S/C11H8ClNO2/c1-7(14)15-9-4-2-8-3-5-11(12)13-10(8)6-9/h2-6H,1H3. The zero-order valence-electron chi connectivity index (χ0n) is 8.03. The molecule has 0 N–H and O–H groups in total. The summed E-state index contributed by atoms with van der Waals surface area (Å²) in [6.45, 7) is 1.36. The van der Waals surface area contributed by atoms with E-state index in [1.54, 1.807) is 18.2 Å². The van der Waals surface area contributed by atoms with Gasteiger partial charge in [-0.1, -0.05) is 11.6 Å². The maximum absolute atomic E-state index is 10.7. The maximum atomic E-state index is 10.7. The first-order chi connectivity index (χ1) is 7.15. The monoisotopic (exact) mass is 221 g/mol. The van der Waals surface area contributed by atoms with Gasteiger partial charge in [0.1, 0.15) is 10.9 Å². The van der Waals surface area contributed by atoms with Crippen molar-refractivity contribution >= 4 is 28.5 Å². The number of rotatable bonds is 1. The largest absolute Gasteiger partial charge is 0.427 e. The van der Waals surface area contributed by atoms with Crippen molar-refractivity contribution in [2.45, 2.75) is 6.92 Å². The first-order valence-electron chi connectivity index (χ1n) is 4.40. The zero-order chi connectivity index (χ0) is 10.8. The summed E-state index contributed by atoms with van der Waals surface area (Å²) < 4.78 is 4.94. The van der Waals surface area contributed by atoms with Gasteiger partial charge in [0.15, 0.2) is 0 Å². The lowest BCUT2D eigenvalue weighted by molar-refractivity contribution is -0.131. The van der Waals surface area contributed by atoms with Crippen molar-refractivity contribution < 1.29 is 9.53 Å². The van der Waals surface area contributed by atoms with E-state index >= 15 is 0 Å². The van der Waals surface area contributed by atoms with Crippen LogP contribution in [0.4, 0.5) is 0 Å². The SMILES string of the molecule is CC(=O)Oc1ccc2ccc(Cl)nc2c1. The number of carbonyl (C=O) groups is 1. The molecule has 0 aliphatic rings. The van der Waals surface area contributed by atoms with Gasteiger partial charge in [0.2, 0.25) is 0 Å². The van der Waals surface area contributed by atoms with Gasteiger partial charge in [0.05, 0.1) is 5.52 Å². The van der Waals surface area contributed by atoms with Gasteiger partial charge in [0, 0.05) is 18.4 Å². The fourth-order valence-electron chi connectivity index (χ4n) is 1.30. The van der Waals surface area contributed by atoms with Crippen molar-refractivity contribution in [1.29, 1.82) is 0 Å². The number of aromatic nitrogens is 1. The molecule has 76 valence electrons. The third-order valence-electron chi connectivity index (χ3n) is 1.89. The Balaban J connectivity index is 2.49. The zero-order valence-corrected chi connectivity index (χ0v) is 8.78. The highest BCUT2D eigenvalue weighted by Crippen LogP contribution is 2.21. The van der Waals surface area contributed by atoms with Crippen LogP contribution in [0.2, 0.25) is 5.15 Å². The lowest BCUT2D eigenvalue weighted by Crippen LogP contribution is -2.01. The molecule has 0 radical (unpaired) electrons. The molecule has 0 unspecified atom stereocenters. The van der Waals surface area contributed by atoms with E-state index in [2.05, 4.69) is 4.98 Å². The van der Waals surface area contributed by atoms with Crippen LogP contribution in [-0.4, -0.2) is 11.0 Å². The molecular formula is C11H8ClNO2. The topological polar surface area (TPSA) is 39.2 Å². The molecule has 0 aliphatic carbocycles. The Morgan fingerprint density at radius 1 is 1.33 bits per heavy atom. The molecule has 0 bridgehead atoms. The van der Waals surface area contributed by atoms with Crippen molar-refractivity contribution in [2.24, 2.45) is 0 Å². The second-order valence-corrected chi connectivity index (χ2v) is 3.47. The summed E-state index contributed by atoms with van der Waals surface area (Å²) in [5.74, 6) is 0.126. The van der Waals surface area contributed by atoms with Gasteiger partial charge < -0.3 is 4.74 Å². The van der Waals surface area contributed by atoms with Gasteiger partial charge in [-0.2, -0.15) is 0 Å². The molecule has 0 amide bonds. The highest BCUT2D eigenvalue weighted by atomic mass is 35.5. The van der Waals surface area contributed by atoms with Gasteiger partial charge in [0.25, 0.3) is 0 Å². The van der Waals surface area contributed by atoms with Crippen molar-refractivity contribution in [2.75, 3.05) is 0 Å². The smallest absolute Gasteiger partial charge is 0.308 e. The Morgan fingerprint density at radius 2 is 2.07 bits per heavy atom. The third kappa shape index (κ3) is 2.25. The average molecular weight is 222 g/mol. The Kier molecular flexibility index (Phi) is 2.56. The number of nitrogens with zero attached hydrogens (tertiary/aromatic N) is 1. The maximum Gasteiger partial charge on any atom is 0.308 e. The Bertz CT molecular complexity index is 525. The summed E-state index contributed by atoms with van der Waals surface area (Å²) in [4.78, 5) is 14.9. The molecule has 0 atom stereocenters. The number of carbonyl (C=O) groups excluding carboxylic acids is 1. The van der Waals surface area contributed by atoms with E-state index in [1.165, 1.54) is 6.92 Å². The highest BCUT2D eigenvalue weighted by molar-refractivity contribution is 6.29. The molecule has 4 heteroatoms. The number of pyridine rings is 1. The summed E-state index contributed by atoms with van der Waals surface area (Å²) in [6, 6.07) is 8.82. The molecule has 0 spiro atoms. The Labute approximate surface area is 91.6 Å². The lowest BCUT2D eigenvalue weighted by Gasteiger charge is -2.02.